The van der Waals surface area contributed by atoms with Crippen molar-refractivity contribution in [1.29, 1.82) is 0 Å². The van der Waals surface area contributed by atoms with Gasteiger partial charge in [-0.05, 0) is 125 Å². The number of aliphatic hydroxyl groups is 2. The maximum atomic E-state index is 12.6. The monoisotopic (exact) mass is 701 g/mol. The first-order valence-electron chi connectivity index (χ1n) is 20.2. The molecule has 14 atom stereocenters. The summed E-state index contributed by atoms with van der Waals surface area (Å²) in [5.41, 5.74) is -0.715. The Hall–Kier alpha value is -0.810. The number of nitrogens with zero attached hydrogens (tertiary/aromatic N) is 2. The third-order valence-electron chi connectivity index (χ3n) is 17.4. The first kappa shape index (κ1) is 36.2. The summed E-state index contributed by atoms with van der Waals surface area (Å²) < 4.78 is 25.9. The molecule has 8 rings (SSSR count). The molecular formula is C41H68N2O7. The van der Waals surface area contributed by atoms with Gasteiger partial charge in [-0.3, -0.25) is 9.69 Å². The van der Waals surface area contributed by atoms with Gasteiger partial charge in [0.15, 0.2) is 12.4 Å². The molecule has 3 saturated heterocycles. The molecule has 2 N–H and O–H groups in total. The summed E-state index contributed by atoms with van der Waals surface area (Å²) in [5.74, 6) is 1.13. The molecule has 3 aliphatic heterocycles. The zero-order valence-corrected chi connectivity index (χ0v) is 32.8. The van der Waals surface area contributed by atoms with E-state index < -0.39 is 29.9 Å². The van der Waals surface area contributed by atoms with Crippen molar-refractivity contribution in [2.24, 2.45) is 50.7 Å². The summed E-state index contributed by atoms with van der Waals surface area (Å²) in [5, 5.41) is 23.7. The highest BCUT2D eigenvalue weighted by atomic mass is 16.7. The minimum atomic E-state index is -1.25. The van der Waals surface area contributed by atoms with E-state index in [0.29, 0.717) is 23.7 Å². The van der Waals surface area contributed by atoms with Crippen molar-refractivity contribution in [2.75, 3.05) is 39.8 Å². The summed E-state index contributed by atoms with van der Waals surface area (Å²) >= 11 is 0. The number of hydrogen-bond acceptors (Lipinski definition) is 9. The Labute approximate surface area is 301 Å². The number of aliphatic hydroxyl groups excluding tert-OH is 1. The Morgan fingerprint density at radius 1 is 1.00 bits per heavy atom. The minimum Gasteiger partial charge on any atom is -0.457 e. The van der Waals surface area contributed by atoms with Crippen LogP contribution in [-0.4, -0.2) is 114 Å². The number of ether oxygens (including phenoxy) is 4. The van der Waals surface area contributed by atoms with Crippen molar-refractivity contribution in [3.8, 4) is 0 Å². The van der Waals surface area contributed by atoms with Crippen molar-refractivity contribution < 1.29 is 34.0 Å². The van der Waals surface area contributed by atoms with E-state index >= 15 is 0 Å². The number of hydrogen-bond donors (Lipinski definition) is 2. The van der Waals surface area contributed by atoms with Crippen LogP contribution < -0.4 is 0 Å². The van der Waals surface area contributed by atoms with Gasteiger partial charge in [-0.25, -0.2) is 0 Å². The van der Waals surface area contributed by atoms with Crippen LogP contribution >= 0.6 is 0 Å². The highest BCUT2D eigenvalue weighted by Crippen LogP contribution is 2.89. The summed E-state index contributed by atoms with van der Waals surface area (Å²) in [4.78, 5) is 17.1. The molecule has 2 spiro atoms. The fraction of sp³-hybridized carbons (Fsp3) is 0.976. The standard InChI is InChI=1S/C41H68N2O7/c1-24-19-26(34(36(5,6)46)48-25(2)44)49-32-31(24)38(8)15-16-41-21-40(41)14-13-29(35(3,4)27(40)11-12-28(41)39(38,9)33(32)45)50-30-20-43(17-18-47-30)37(7)22-42(10)23-37/h24,26-34,45-46H,11-23H2,1-10H3/t24-,26?,27+,28?,29+,30+,31+,32?,33+,34+,38-,39-,40?,41?/m1/s1. The molecule has 5 unspecified atom stereocenters. The predicted octanol–water partition coefficient (Wildman–Crippen LogP) is 5.25. The largest absolute Gasteiger partial charge is 0.457 e. The van der Waals surface area contributed by atoms with E-state index in [4.69, 9.17) is 18.9 Å². The Morgan fingerprint density at radius 3 is 2.34 bits per heavy atom. The lowest BCUT2D eigenvalue weighted by Crippen LogP contribution is -2.70. The summed E-state index contributed by atoms with van der Waals surface area (Å²) in [6.07, 6.45) is 6.81. The number of likely N-dealkylation sites (tertiary alicyclic amines) is 1. The molecule has 9 nitrogen and oxygen atoms in total. The van der Waals surface area contributed by atoms with Gasteiger partial charge in [-0.15, -0.1) is 0 Å². The smallest absolute Gasteiger partial charge is 0.303 e. The van der Waals surface area contributed by atoms with Crippen LogP contribution in [0.2, 0.25) is 0 Å². The highest BCUT2D eigenvalue weighted by Gasteiger charge is 2.84. The predicted molar refractivity (Wildman–Crippen MR) is 190 cm³/mol. The Balaban J connectivity index is 1.01. The third kappa shape index (κ3) is 4.78. The van der Waals surface area contributed by atoms with Crippen molar-refractivity contribution >= 4 is 5.97 Å². The molecule has 5 saturated carbocycles. The van der Waals surface area contributed by atoms with E-state index in [1.165, 1.54) is 32.6 Å². The Kier molecular flexibility index (Phi) is 8.22. The van der Waals surface area contributed by atoms with Crippen molar-refractivity contribution in [3.05, 3.63) is 0 Å². The molecule has 284 valence electrons. The van der Waals surface area contributed by atoms with E-state index in [9.17, 15) is 15.0 Å². The van der Waals surface area contributed by atoms with E-state index in [2.05, 4.69) is 58.4 Å². The molecule has 0 aromatic heterocycles. The van der Waals surface area contributed by atoms with Gasteiger partial charge in [-0.2, -0.15) is 0 Å². The first-order valence-corrected chi connectivity index (χ1v) is 20.2. The average Bonchev–Trinajstić information content (AvgIpc) is 3.65. The van der Waals surface area contributed by atoms with Crippen molar-refractivity contribution in [3.63, 3.8) is 0 Å². The first-order chi connectivity index (χ1) is 23.2. The Morgan fingerprint density at radius 2 is 1.68 bits per heavy atom. The van der Waals surface area contributed by atoms with Crippen LogP contribution in [-0.2, 0) is 23.7 Å². The summed E-state index contributed by atoms with van der Waals surface area (Å²) in [7, 11) is 2.20. The SMILES string of the molecule is CC(=O)O[C@@H](C1C[C@@H](C)[C@H]2C(O1)[C@H](O)[C@@]1(C)C3CC[C@H]4C(C)(C)[C@@H](O[C@H]5CN(C6(C)CN(C)C6)CCO5)CCC45CC35CC[C@]21C)C(C)(C)O. The van der Waals surface area contributed by atoms with E-state index in [0.717, 1.165) is 52.0 Å². The maximum Gasteiger partial charge on any atom is 0.303 e. The second-order valence-corrected chi connectivity index (χ2v) is 20.8. The van der Waals surface area contributed by atoms with Gasteiger partial charge in [0.1, 0.15) is 0 Å². The molecule has 3 heterocycles. The summed E-state index contributed by atoms with van der Waals surface area (Å²) in [6.45, 7) is 24.1. The third-order valence-corrected chi connectivity index (χ3v) is 17.4. The van der Waals surface area contributed by atoms with Crippen LogP contribution in [0.25, 0.3) is 0 Å². The minimum absolute atomic E-state index is 0.0500. The number of likely N-dealkylation sites (N-methyl/N-ethyl adjacent to an activating group) is 1. The molecule has 50 heavy (non-hydrogen) atoms. The van der Waals surface area contributed by atoms with Gasteiger partial charge in [0.2, 0.25) is 0 Å². The molecule has 0 radical (unpaired) electrons. The van der Waals surface area contributed by atoms with Crippen LogP contribution in [0.3, 0.4) is 0 Å². The topological polar surface area (TPSA) is 101 Å². The number of carbonyl (C=O) groups is 1. The molecule has 0 bridgehead atoms. The van der Waals surface area contributed by atoms with E-state index in [1.54, 1.807) is 13.8 Å². The number of rotatable bonds is 6. The lowest BCUT2D eigenvalue weighted by atomic mass is 9.41. The molecule has 0 amide bonds. The Bertz CT molecular complexity index is 1360. The molecular weight excluding hydrogens is 632 g/mol. The quantitative estimate of drug-likeness (QED) is 0.360. The fourth-order valence-corrected chi connectivity index (χ4v) is 15.3. The second kappa shape index (κ2) is 11.4. The molecule has 9 heteroatoms. The molecule has 5 aliphatic carbocycles. The molecule has 8 aliphatic rings. The van der Waals surface area contributed by atoms with Gasteiger partial charge in [0, 0.05) is 37.5 Å². The molecule has 8 fully saturated rings. The number of morpholine rings is 1. The normalized spacial score (nSPS) is 51.6. The number of carbonyl (C=O) groups excluding carboxylic acids is 1. The molecule has 0 aromatic carbocycles. The second-order valence-electron chi connectivity index (χ2n) is 20.8. The summed E-state index contributed by atoms with van der Waals surface area (Å²) in [6, 6.07) is 0. The van der Waals surface area contributed by atoms with Crippen LogP contribution in [0.5, 0.6) is 0 Å². The van der Waals surface area contributed by atoms with E-state index in [-0.39, 0.29) is 57.5 Å². The van der Waals surface area contributed by atoms with Crippen LogP contribution in [0, 0.1) is 50.7 Å². The zero-order valence-electron chi connectivity index (χ0n) is 32.8. The fourth-order valence-electron chi connectivity index (χ4n) is 15.3. The van der Waals surface area contributed by atoms with Crippen molar-refractivity contribution in [2.45, 2.75) is 162 Å². The maximum absolute atomic E-state index is 12.6. The lowest BCUT2D eigenvalue weighted by molar-refractivity contribution is -0.258. The van der Waals surface area contributed by atoms with Gasteiger partial charge in [-0.1, -0.05) is 34.6 Å². The highest BCUT2D eigenvalue weighted by molar-refractivity contribution is 5.66. The average molecular weight is 701 g/mol. The van der Waals surface area contributed by atoms with Gasteiger partial charge < -0.3 is 34.1 Å². The number of fused-ring (bicyclic) bond motifs is 4. The lowest BCUT2D eigenvalue weighted by Gasteiger charge is -2.64. The number of esters is 1. The van der Waals surface area contributed by atoms with Gasteiger partial charge in [0.05, 0.1) is 43.2 Å². The zero-order chi connectivity index (χ0) is 36.0. The molecule has 0 aromatic rings. The van der Waals surface area contributed by atoms with E-state index in [1.807, 2.05) is 0 Å². The van der Waals surface area contributed by atoms with Gasteiger partial charge >= 0.3 is 5.97 Å². The van der Waals surface area contributed by atoms with Crippen LogP contribution in [0.4, 0.5) is 0 Å². The van der Waals surface area contributed by atoms with Crippen LogP contribution in [0.15, 0.2) is 0 Å². The van der Waals surface area contributed by atoms with Crippen LogP contribution in [0.1, 0.15) is 114 Å². The van der Waals surface area contributed by atoms with Crippen molar-refractivity contribution in [1.82, 2.24) is 9.80 Å². The van der Waals surface area contributed by atoms with Gasteiger partial charge in [0.25, 0.3) is 0 Å².